The van der Waals surface area contributed by atoms with Crippen LogP contribution in [0.5, 0.6) is 0 Å². The fourth-order valence-corrected chi connectivity index (χ4v) is 2.34. The molecule has 104 valence electrons. The third kappa shape index (κ3) is 4.00. The third-order valence-electron chi connectivity index (χ3n) is 3.06. The lowest BCUT2D eigenvalue weighted by Gasteiger charge is -2.20. The van der Waals surface area contributed by atoms with Gasteiger partial charge < -0.3 is 15.4 Å². The smallest absolute Gasteiger partial charge is 0.319 e. The number of anilines is 1. The van der Waals surface area contributed by atoms with Crippen LogP contribution in [-0.4, -0.2) is 24.8 Å². The fraction of sp³-hybridized carbons (Fsp3) is 0.462. The molecule has 2 amide bonds. The van der Waals surface area contributed by atoms with Crippen LogP contribution in [0.2, 0.25) is 10.0 Å². The SMILES string of the molecule is C[C@H](NC(=O)Nc1ccc(Cl)c(Cl)c1)[C@@H]1CCCO1. The largest absolute Gasteiger partial charge is 0.376 e. The Balaban J connectivity index is 1.88. The van der Waals surface area contributed by atoms with Crippen molar-refractivity contribution in [2.75, 3.05) is 11.9 Å². The maximum atomic E-state index is 11.8. The molecule has 19 heavy (non-hydrogen) atoms. The van der Waals surface area contributed by atoms with Crippen LogP contribution in [0.25, 0.3) is 0 Å². The van der Waals surface area contributed by atoms with Gasteiger partial charge in [0.25, 0.3) is 0 Å². The summed E-state index contributed by atoms with van der Waals surface area (Å²) in [6.45, 7) is 2.70. The molecule has 1 aliphatic rings. The number of benzene rings is 1. The van der Waals surface area contributed by atoms with E-state index >= 15 is 0 Å². The molecule has 0 saturated carbocycles. The van der Waals surface area contributed by atoms with Crippen molar-refractivity contribution in [1.82, 2.24) is 5.32 Å². The zero-order valence-corrected chi connectivity index (χ0v) is 12.1. The zero-order valence-electron chi connectivity index (χ0n) is 10.6. The molecule has 4 nitrogen and oxygen atoms in total. The molecule has 0 unspecified atom stereocenters. The second-order valence-corrected chi connectivity index (χ2v) is 5.38. The van der Waals surface area contributed by atoms with Crippen molar-refractivity contribution in [2.45, 2.75) is 31.9 Å². The van der Waals surface area contributed by atoms with Crippen LogP contribution in [0.15, 0.2) is 18.2 Å². The normalized spacial score (nSPS) is 20.1. The van der Waals surface area contributed by atoms with Gasteiger partial charge in [-0.25, -0.2) is 4.79 Å². The van der Waals surface area contributed by atoms with Gasteiger partial charge in [0.1, 0.15) is 0 Å². The topological polar surface area (TPSA) is 50.4 Å². The monoisotopic (exact) mass is 302 g/mol. The maximum absolute atomic E-state index is 11.8. The van der Waals surface area contributed by atoms with Crippen LogP contribution in [0, 0.1) is 0 Å². The van der Waals surface area contributed by atoms with Gasteiger partial charge in [0.05, 0.1) is 22.2 Å². The first-order valence-corrected chi connectivity index (χ1v) is 6.96. The van der Waals surface area contributed by atoms with Crippen molar-refractivity contribution in [3.05, 3.63) is 28.2 Å². The van der Waals surface area contributed by atoms with Crippen molar-refractivity contribution in [2.24, 2.45) is 0 Å². The number of halogens is 2. The van der Waals surface area contributed by atoms with E-state index in [9.17, 15) is 4.79 Å². The standard InChI is InChI=1S/C13H16Cl2N2O2/c1-8(12-3-2-6-19-12)16-13(18)17-9-4-5-10(14)11(15)7-9/h4-5,7-8,12H,2-3,6H2,1H3,(H2,16,17,18)/t8-,12-/m0/s1. The van der Waals surface area contributed by atoms with Crippen LogP contribution in [0.3, 0.4) is 0 Å². The summed E-state index contributed by atoms with van der Waals surface area (Å²) >= 11 is 11.7. The third-order valence-corrected chi connectivity index (χ3v) is 3.80. The van der Waals surface area contributed by atoms with Crippen LogP contribution in [0.1, 0.15) is 19.8 Å². The molecule has 1 aliphatic heterocycles. The summed E-state index contributed by atoms with van der Waals surface area (Å²) < 4.78 is 5.52. The highest BCUT2D eigenvalue weighted by molar-refractivity contribution is 6.42. The zero-order chi connectivity index (χ0) is 13.8. The quantitative estimate of drug-likeness (QED) is 0.895. The Morgan fingerprint density at radius 2 is 2.21 bits per heavy atom. The molecule has 2 rings (SSSR count). The summed E-state index contributed by atoms with van der Waals surface area (Å²) in [6.07, 6.45) is 2.12. The number of carbonyl (C=O) groups is 1. The van der Waals surface area contributed by atoms with Gasteiger partial charge in [0, 0.05) is 12.3 Å². The summed E-state index contributed by atoms with van der Waals surface area (Å²) in [6, 6.07) is 4.65. The number of urea groups is 1. The molecule has 0 aliphatic carbocycles. The van der Waals surface area contributed by atoms with Gasteiger partial charge in [-0.15, -0.1) is 0 Å². The average Bonchev–Trinajstić information content (AvgIpc) is 2.87. The van der Waals surface area contributed by atoms with Crippen LogP contribution < -0.4 is 10.6 Å². The van der Waals surface area contributed by atoms with E-state index in [-0.39, 0.29) is 18.2 Å². The van der Waals surface area contributed by atoms with Gasteiger partial charge in [-0.2, -0.15) is 0 Å². The molecule has 0 bridgehead atoms. The molecule has 1 saturated heterocycles. The van der Waals surface area contributed by atoms with E-state index in [1.165, 1.54) is 0 Å². The molecule has 1 aromatic rings. The average molecular weight is 303 g/mol. The van der Waals surface area contributed by atoms with E-state index in [0.29, 0.717) is 15.7 Å². The molecule has 2 atom stereocenters. The minimum Gasteiger partial charge on any atom is -0.376 e. The van der Waals surface area contributed by atoms with E-state index in [0.717, 1.165) is 19.4 Å². The van der Waals surface area contributed by atoms with E-state index < -0.39 is 0 Å². The summed E-state index contributed by atoms with van der Waals surface area (Å²) in [4.78, 5) is 11.8. The van der Waals surface area contributed by atoms with Crippen molar-refractivity contribution >= 4 is 34.9 Å². The molecule has 2 N–H and O–H groups in total. The Labute approximate surface area is 122 Å². The number of carbonyl (C=O) groups excluding carboxylic acids is 1. The first kappa shape index (κ1) is 14.4. The van der Waals surface area contributed by atoms with Gasteiger partial charge in [-0.05, 0) is 38.0 Å². The number of rotatable bonds is 3. The Bertz CT molecular complexity index is 462. The lowest BCUT2D eigenvalue weighted by atomic mass is 10.1. The van der Waals surface area contributed by atoms with Crippen LogP contribution >= 0.6 is 23.2 Å². The van der Waals surface area contributed by atoms with Crippen LogP contribution in [0.4, 0.5) is 10.5 Å². The first-order chi connectivity index (χ1) is 9.06. The van der Waals surface area contributed by atoms with Gasteiger partial charge in [-0.1, -0.05) is 23.2 Å². The van der Waals surface area contributed by atoms with Gasteiger partial charge >= 0.3 is 6.03 Å². The molecular formula is C13H16Cl2N2O2. The lowest BCUT2D eigenvalue weighted by Crippen LogP contribution is -2.42. The number of hydrogen-bond acceptors (Lipinski definition) is 2. The minimum atomic E-state index is -0.276. The molecule has 1 aromatic carbocycles. The molecule has 1 fully saturated rings. The minimum absolute atomic E-state index is 0.0229. The maximum Gasteiger partial charge on any atom is 0.319 e. The van der Waals surface area contributed by atoms with Crippen molar-refractivity contribution < 1.29 is 9.53 Å². The second-order valence-electron chi connectivity index (χ2n) is 4.57. The Morgan fingerprint density at radius 1 is 1.42 bits per heavy atom. The predicted octanol–water partition coefficient (Wildman–Crippen LogP) is 3.68. The molecule has 0 spiro atoms. The Kier molecular flexibility index (Phi) is 4.91. The lowest BCUT2D eigenvalue weighted by molar-refractivity contribution is 0.0868. The number of nitrogens with one attached hydrogen (secondary N) is 2. The first-order valence-electron chi connectivity index (χ1n) is 6.20. The van der Waals surface area contributed by atoms with Gasteiger partial charge in [-0.3, -0.25) is 0 Å². The molecule has 1 heterocycles. The van der Waals surface area contributed by atoms with Crippen molar-refractivity contribution in [3.63, 3.8) is 0 Å². The summed E-state index contributed by atoms with van der Waals surface area (Å²) in [5.41, 5.74) is 0.603. The number of amides is 2. The molecule has 0 aromatic heterocycles. The van der Waals surface area contributed by atoms with E-state index in [1.807, 2.05) is 6.92 Å². The van der Waals surface area contributed by atoms with Crippen LogP contribution in [-0.2, 0) is 4.74 Å². The predicted molar refractivity (Wildman–Crippen MR) is 77.1 cm³/mol. The van der Waals surface area contributed by atoms with Crippen molar-refractivity contribution in [1.29, 1.82) is 0 Å². The van der Waals surface area contributed by atoms with E-state index in [4.69, 9.17) is 27.9 Å². The summed E-state index contributed by atoms with van der Waals surface area (Å²) in [7, 11) is 0. The highest BCUT2D eigenvalue weighted by Gasteiger charge is 2.23. The Hall–Kier alpha value is -0.970. The molecular weight excluding hydrogens is 287 g/mol. The summed E-state index contributed by atoms with van der Waals surface area (Å²) in [5, 5.41) is 6.44. The van der Waals surface area contributed by atoms with E-state index in [1.54, 1.807) is 18.2 Å². The fourth-order valence-electron chi connectivity index (χ4n) is 2.04. The highest BCUT2D eigenvalue weighted by atomic mass is 35.5. The molecule has 6 heteroatoms. The highest BCUT2D eigenvalue weighted by Crippen LogP contribution is 2.25. The Morgan fingerprint density at radius 3 is 2.84 bits per heavy atom. The molecule has 0 radical (unpaired) electrons. The van der Waals surface area contributed by atoms with Crippen molar-refractivity contribution in [3.8, 4) is 0 Å². The van der Waals surface area contributed by atoms with E-state index in [2.05, 4.69) is 10.6 Å². The number of ether oxygens (including phenoxy) is 1. The van der Waals surface area contributed by atoms with Gasteiger partial charge in [0.2, 0.25) is 0 Å². The number of hydrogen-bond donors (Lipinski definition) is 2. The van der Waals surface area contributed by atoms with Gasteiger partial charge in [0.15, 0.2) is 0 Å². The second kappa shape index (κ2) is 6.46. The summed E-state index contributed by atoms with van der Waals surface area (Å²) in [5.74, 6) is 0.